The molecule has 1 aromatic carbocycles. The summed E-state index contributed by atoms with van der Waals surface area (Å²) in [6.07, 6.45) is 4.22. The lowest BCUT2D eigenvalue weighted by molar-refractivity contribution is 0.108. The zero-order valence-corrected chi connectivity index (χ0v) is 13.3. The number of nitrogens with zero attached hydrogens (tertiary/aromatic N) is 3. The third-order valence-corrected chi connectivity index (χ3v) is 4.71. The van der Waals surface area contributed by atoms with Crippen LogP contribution in [0.4, 0.5) is 0 Å². The van der Waals surface area contributed by atoms with E-state index < -0.39 is 0 Å². The van der Waals surface area contributed by atoms with Crippen molar-refractivity contribution in [2.75, 3.05) is 33.3 Å². The molecule has 0 bridgehead atoms. The van der Waals surface area contributed by atoms with Crippen molar-refractivity contribution in [1.82, 2.24) is 14.8 Å². The zero-order chi connectivity index (χ0) is 15.4. The molecule has 22 heavy (non-hydrogen) atoms. The lowest BCUT2D eigenvalue weighted by atomic mass is 10.0. The number of benzene rings is 1. The number of aliphatic hydroxyl groups is 1. The van der Waals surface area contributed by atoms with Gasteiger partial charge in [-0.15, -0.1) is 0 Å². The maximum absolute atomic E-state index is 9.04. The lowest BCUT2D eigenvalue weighted by Crippen LogP contribution is -2.43. The minimum atomic E-state index is 0.252. The van der Waals surface area contributed by atoms with E-state index in [0.717, 1.165) is 31.7 Å². The Labute approximate surface area is 132 Å². The van der Waals surface area contributed by atoms with Crippen LogP contribution in [0.1, 0.15) is 18.4 Å². The number of rotatable bonds is 5. The molecule has 0 spiro atoms. The molecule has 118 valence electrons. The number of aliphatic hydroxyl groups excluding tert-OH is 1. The summed E-state index contributed by atoms with van der Waals surface area (Å²) in [5, 5.41) is 10.3. The smallest absolute Gasteiger partial charge is 0.0702 e. The van der Waals surface area contributed by atoms with Crippen molar-refractivity contribution < 1.29 is 5.11 Å². The van der Waals surface area contributed by atoms with Crippen molar-refractivity contribution in [2.24, 2.45) is 0 Å². The highest BCUT2D eigenvalue weighted by Crippen LogP contribution is 2.19. The summed E-state index contributed by atoms with van der Waals surface area (Å²) in [5.74, 6) is 0. The maximum atomic E-state index is 9.04. The number of pyridine rings is 1. The van der Waals surface area contributed by atoms with E-state index in [-0.39, 0.29) is 6.61 Å². The van der Waals surface area contributed by atoms with Crippen LogP contribution in [0.25, 0.3) is 10.9 Å². The van der Waals surface area contributed by atoms with Crippen LogP contribution in [0, 0.1) is 0 Å². The molecule has 0 radical (unpaired) electrons. The summed E-state index contributed by atoms with van der Waals surface area (Å²) in [5.41, 5.74) is 2.43. The van der Waals surface area contributed by atoms with Crippen LogP contribution in [0.15, 0.2) is 36.5 Å². The quantitative estimate of drug-likeness (QED) is 0.918. The number of hydrogen-bond acceptors (Lipinski definition) is 4. The second kappa shape index (κ2) is 7.18. The monoisotopic (exact) mass is 299 g/mol. The Morgan fingerprint density at radius 3 is 2.86 bits per heavy atom. The number of fused-ring (bicyclic) bond motifs is 1. The Kier molecular flexibility index (Phi) is 5.03. The molecule has 0 amide bonds. The number of piperidine rings is 1. The van der Waals surface area contributed by atoms with Crippen molar-refractivity contribution in [3.63, 3.8) is 0 Å². The van der Waals surface area contributed by atoms with E-state index in [0.29, 0.717) is 6.04 Å². The molecule has 2 aromatic rings. The van der Waals surface area contributed by atoms with E-state index in [2.05, 4.69) is 46.1 Å². The van der Waals surface area contributed by atoms with E-state index in [1.165, 1.54) is 23.8 Å². The molecule has 1 aliphatic heterocycles. The zero-order valence-electron chi connectivity index (χ0n) is 13.3. The highest BCUT2D eigenvalue weighted by Gasteiger charge is 2.22. The standard InChI is InChI=1S/C18H25N3O/c1-20(11-12-22)17-6-9-21(10-7-17)14-15-4-5-18-16(13-15)3-2-8-19-18/h2-5,8,13,17,22H,6-7,9-12,14H2,1H3. The molecule has 1 N–H and O–H groups in total. The predicted molar refractivity (Wildman–Crippen MR) is 89.8 cm³/mol. The van der Waals surface area contributed by atoms with Gasteiger partial charge < -0.3 is 10.0 Å². The topological polar surface area (TPSA) is 39.6 Å². The Morgan fingerprint density at radius 2 is 2.09 bits per heavy atom. The molecule has 0 unspecified atom stereocenters. The average Bonchev–Trinajstić information content (AvgIpc) is 2.56. The van der Waals surface area contributed by atoms with Crippen LogP contribution < -0.4 is 0 Å². The highest BCUT2D eigenvalue weighted by atomic mass is 16.3. The summed E-state index contributed by atoms with van der Waals surface area (Å²) >= 11 is 0. The molecular weight excluding hydrogens is 274 g/mol. The van der Waals surface area contributed by atoms with E-state index >= 15 is 0 Å². The number of aromatic nitrogens is 1. The molecular formula is C18H25N3O. The predicted octanol–water partition coefficient (Wildman–Crippen LogP) is 2.12. The molecule has 0 aliphatic carbocycles. The van der Waals surface area contributed by atoms with Gasteiger partial charge in [0.05, 0.1) is 12.1 Å². The van der Waals surface area contributed by atoms with E-state index in [9.17, 15) is 0 Å². The molecule has 1 aromatic heterocycles. The molecule has 1 fully saturated rings. The third kappa shape index (κ3) is 3.64. The summed E-state index contributed by atoms with van der Waals surface area (Å²) in [6.45, 7) is 4.31. The van der Waals surface area contributed by atoms with Crippen LogP contribution in [-0.2, 0) is 6.54 Å². The van der Waals surface area contributed by atoms with Crippen LogP contribution in [0.2, 0.25) is 0 Å². The number of hydrogen-bond donors (Lipinski definition) is 1. The molecule has 4 heteroatoms. The Balaban J connectivity index is 1.57. The highest BCUT2D eigenvalue weighted by molar-refractivity contribution is 5.78. The fourth-order valence-electron chi connectivity index (χ4n) is 3.34. The van der Waals surface area contributed by atoms with Gasteiger partial charge in [-0.3, -0.25) is 9.88 Å². The molecule has 4 nitrogen and oxygen atoms in total. The average molecular weight is 299 g/mol. The van der Waals surface area contributed by atoms with Crippen molar-refractivity contribution in [3.05, 3.63) is 42.1 Å². The Bertz CT molecular complexity index is 608. The van der Waals surface area contributed by atoms with Gasteiger partial charge in [0.2, 0.25) is 0 Å². The van der Waals surface area contributed by atoms with E-state index in [1.807, 2.05) is 12.3 Å². The van der Waals surface area contributed by atoms with Gasteiger partial charge >= 0.3 is 0 Å². The van der Waals surface area contributed by atoms with Crippen LogP contribution >= 0.6 is 0 Å². The van der Waals surface area contributed by atoms with Gasteiger partial charge in [-0.2, -0.15) is 0 Å². The molecule has 0 atom stereocenters. The summed E-state index contributed by atoms with van der Waals surface area (Å²) in [6, 6.07) is 11.3. The molecule has 3 rings (SSSR count). The Morgan fingerprint density at radius 1 is 1.27 bits per heavy atom. The van der Waals surface area contributed by atoms with Crippen molar-refractivity contribution in [2.45, 2.75) is 25.4 Å². The largest absolute Gasteiger partial charge is 0.395 e. The second-order valence-corrected chi connectivity index (χ2v) is 6.24. The molecule has 0 saturated carbocycles. The first-order valence-electron chi connectivity index (χ1n) is 8.13. The van der Waals surface area contributed by atoms with Gasteiger partial charge in [0.1, 0.15) is 0 Å². The first-order chi connectivity index (χ1) is 10.8. The minimum Gasteiger partial charge on any atom is -0.395 e. The van der Waals surface area contributed by atoms with Gasteiger partial charge in [-0.1, -0.05) is 12.1 Å². The minimum absolute atomic E-state index is 0.252. The van der Waals surface area contributed by atoms with Crippen LogP contribution in [0.3, 0.4) is 0 Å². The molecule has 2 heterocycles. The van der Waals surface area contributed by atoms with E-state index in [4.69, 9.17) is 5.11 Å². The van der Waals surface area contributed by atoms with Crippen LogP contribution in [-0.4, -0.2) is 59.2 Å². The first kappa shape index (κ1) is 15.4. The fourth-order valence-corrected chi connectivity index (χ4v) is 3.34. The molecule has 1 aliphatic rings. The normalized spacial score (nSPS) is 17.4. The lowest BCUT2D eigenvalue weighted by Gasteiger charge is -2.36. The van der Waals surface area contributed by atoms with Gasteiger partial charge in [0, 0.05) is 30.7 Å². The first-order valence-corrected chi connectivity index (χ1v) is 8.13. The van der Waals surface area contributed by atoms with Gasteiger partial charge in [0.15, 0.2) is 0 Å². The fraction of sp³-hybridized carbons (Fsp3) is 0.500. The summed E-state index contributed by atoms with van der Waals surface area (Å²) in [7, 11) is 2.12. The van der Waals surface area contributed by atoms with Gasteiger partial charge in [0.25, 0.3) is 0 Å². The van der Waals surface area contributed by atoms with Crippen molar-refractivity contribution >= 4 is 10.9 Å². The van der Waals surface area contributed by atoms with Crippen molar-refractivity contribution in [3.8, 4) is 0 Å². The number of likely N-dealkylation sites (tertiary alicyclic amines) is 1. The SMILES string of the molecule is CN(CCO)C1CCN(Cc2ccc3ncccc3c2)CC1. The molecule has 1 saturated heterocycles. The third-order valence-electron chi connectivity index (χ3n) is 4.71. The Hall–Kier alpha value is -1.49. The summed E-state index contributed by atoms with van der Waals surface area (Å²) in [4.78, 5) is 9.20. The van der Waals surface area contributed by atoms with Crippen LogP contribution in [0.5, 0.6) is 0 Å². The second-order valence-electron chi connectivity index (χ2n) is 6.24. The maximum Gasteiger partial charge on any atom is 0.0702 e. The number of likely N-dealkylation sites (N-methyl/N-ethyl adjacent to an activating group) is 1. The summed E-state index contributed by atoms with van der Waals surface area (Å²) < 4.78 is 0. The van der Waals surface area contributed by atoms with Crippen molar-refractivity contribution in [1.29, 1.82) is 0 Å². The van der Waals surface area contributed by atoms with Gasteiger partial charge in [-0.25, -0.2) is 0 Å². The van der Waals surface area contributed by atoms with Gasteiger partial charge in [-0.05, 0) is 56.7 Å². The van der Waals surface area contributed by atoms with E-state index in [1.54, 1.807) is 0 Å².